The lowest BCUT2D eigenvalue weighted by atomic mass is 9.67. The number of nitrogens with zero attached hydrogens (tertiary/aromatic N) is 1. The van der Waals surface area contributed by atoms with E-state index in [4.69, 9.17) is 10.9 Å². The van der Waals surface area contributed by atoms with Gasteiger partial charge < -0.3 is 16.3 Å². The van der Waals surface area contributed by atoms with E-state index in [0.717, 1.165) is 0 Å². The van der Waals surface area contributed by atoms with Crippen molar-refractivity contribution in [1.29, 1.82) is 0 Å². The smallest absolute Gasteiger partial charge is 0.238 e. The Morgan fingerprint density at radius 1 is 1.30 bits per heavy atom. The molecule has 0 atom stereocenters. The molecule has 0 bridgehead atoms. The SMILES string of the molecule is NC(=NO)C1(C(=O)Nc2c(F)cc(F)cc2F)CCC1. The average Bonchev–Trinajstić information content (AvgIpc) is 2.32. The summed E-state index contributed by atoms with van der Waals surface area (Å²) >= 11 is 0. The molecule has 0 saturated heterocycles. The minimum absolute atomic E-state index is 0.305. The lowest BCUT2D eigenvalue weighted by Crippen LogP contribution is -2.51. The standard InChI is InChI=1S/C12H12F3N3O2/c13-6-4-7(14)9(8(15)5-6)17-11(19)12(2-1-3-12)10(16)18-20/h4-5,20H,1-3H2,(H2,16,18)(H,17,19). The maximum absolute atomic E-state index is 13.5. The number of rotatable bonds is 3. The summed E-state index contributed by atoms with van der Waals surface area (Å²) in [6.07, 6.45) is 1.27. The van der Waals surface area contributed by atoms with Crippen molar-refractivity contribution >= 4 is 17.4 Å². The lowest BCUT2D eigenvalue weighted by molar-refractivity contribution is -0.125. The molecule has 1 aromatic rings. The largest absolute Gasteiger partial charge is 0.409 e. The van der Waals surface area contributed by atoms with Gasteiger partial charge in [0.15, 0.2) is 17.5 Å². The van der Waals surface area contributed by atoms with Crippen LogP contribution in [0, 0.1) is 22.9 Å². The average molecular weight is 287 g/mol. The fourth-order valence-corrected chi connectivity index (χ4v) is 2.12. The van der Waals surface area contributed by atoms with Crippen LogP contribution in [0.3, 0.4) is 0 Å². The predicted octanol–water partition coefficient (Wildman–Crippen LogP) is 1.96. The first-order valence-electron chi connectivity index (χ1n) is 5.85. The Kier molecular flexibility index (Phi) is 3.56. The summed E-state index contributed by atoms with van der Waals surface area (Å²) in [6.45, 7) is 0. The van der Waals surface area contributed by atoms with Gasteiger partial charge in [0.05, 0.1) is 0 Å². The van der Waals surface area contributed by atoms with E-state index in [-0.39, 0.29) is 5.84 Å². The fraction of sp³-hybridized carbons (Fsp3) is 0.333. The number of nitrogens with one attached hydrogen (secondary N) is 1. The van der Waals surface area contributed by atoms with Gasteiger partial charge >= 0.3 is 0 Å². The molecule has 2 rings (SSSR count). The first-order valence-corrected chi connectivity index (χ1v) is 5.85. The minimum atomic E-state index is -1.28. The van der Waals surface area contributed by atoms with Crippen molar-refractivity contribution in [3.63, 3.8) is 0 Å². The van der Waals surface area contributed by atoms with Gasteiger partial charge in [0.2, 0.25) is 5.91 Å². The van der Waals surface area contributed by atoms with Gasteiger partial charge in [-0.3, -0.25) is 4.79 Å². The van der Waals surface area contributed by atoms with Gasteiger partial charge in [0.25, 0.3) is 0 Å². The quantitative estimate of drug-likeness (QED) is 0.344. The fourth-order valence-electron chi connectivity index (χ4n) is 2.12. The summed E-state index contributed by atoms with van der Waals surface area (Å²) in [4.78, 5) is 12.1. The Balaban J connectivity index is 2.29. The Hall–Kier alpha value is -2.25. The number of amides is 1. The molecule has 4 N–H and O–H groups in total. The number of anilines is 1. The van der Waals surface area contributed by atoms with Crippen LogP contribution in [-0.2, 0) is 4.79 Å². The normalized spacial score (nSPS) is 17.4. The molecule has 0 radical (unpaired) electrons. The van der Waals surface area contributed by atoms with Crippen molar-refractivity contribution in [2.24, 2.45) is 16.3 Å². The number of oxime groups is 1. The molecular formula is C12H12F3N3O2. The summed E-state index contributed by atoms with van der Waals surface area (Å²) in [7, 11) is 0. The lowest BCUT2D eigenvalue weighted by Gasteiger charge is -2.38. The monoisotopic (exact) mass is 287 g/mol. The molecule has 0 aliphatic heterocycles. The van der Waals surface area contributed by atoms with Crippen LogP contribution in [-0.4, -0.2) is 17.0 Å². The molecule has 20 heavy (non-hydrogen) atoms. The number of halogens is 3. The number of hydrogen-bond donors (Lipinski definition) is 3. The number of hydrogen-bond acceptors (Lipinski definition) is 3. The van der Waals surface area contributed by atoms with Crippen LogP contribution in [0.15, 0.2) is 17.3 Å². The Labute approximate surface area is 112 Å². The van der Waals surface area contributed by atoms with Crippen LogP contribution in [0.2, 0.25) is 0 Å². The second kappa shape index (κ2) is 5.03. The van der Waals surface area contributed by atoms with E-state index in [2.05, 4.69) is 5.16 Å². The maximum atomic E-state index is 13.5. The second-order valence-corrected chi connectivity index (χ2v) is 4.62. The summed E-state index contributed by atoms with van der Waals surface area (Å²) in [6, 6.07) is 0.908. The number of carbonyl (C=O) groups excluding carboxylic acids is 1. The van der Waals surface area contributed by atoms with Gasteiger partial charge in [-0.25, -0.2) is 13.2 Å². The van der Waals surface area contributed by atoms with Crippen molar-refractivity contribution in [2.45, 2.75) is 19.3 Å². The van der Waals surface area contributed by atoms with E-state index in [1.165, 1.54) is 0 Å². The summed E-state index contributed by atoms with van der Waals surface area (Å²) < 4.78 is 39.7. The molecule has 8 heteroatoms. The second-order valence-electron chi connectivity index (χ2n) is 4.62. The molecule has 1 saturated carbocycles. The van der Waals surface area contributed by atoms with Crippen LogP contribution in [0.5, 0.6) is 0 Å². The molecular weight excluding hydrogens is 275 g/mol. The molecule has 1 fully saturated rings. The molecule has 1 amide bonds. The third kappa shape index (κ3) is 2.17. The Morgan fingerprint density at radius 2 is 1.85 bits per heavy atom. The van der Waals surface area contributed by atoms with Crippen LogP contribution in [0.1, 0.15) is 19.3 Å². The molecule has 0 unspecified atom stereocenters. The first kappa shape index (κ1) is 14.2. The van der Waals surface area contributed by atoms with E-state index in [1.807, 2.05) is 5.32 Å². The Morgan fingerprint density at radius 3 is 2.25 bits per heavy atom. The van der Waals surface area contributed by atoms with Gasteiger partial charge in [0.1, 0.15) is 16.9 Å². The zero-order valence-corrected chi connectivity index (χ0v) is 10.3. The summed E-state index contributed by atoms with van der Waals surface area (Å²) in [5.74, 6) is -4.66. The van der Waals surface area contributed by atoms with Crippen molar-refractivity contribution < 1.29 is 23.2 Å². The molecule has 0 spiro atoms. The van der Waals surface area contributed by atoms with Crippen LogP contribution < -0.4 is 11.1 Å². The highest BCUT2D eigenvalue weighted by atomic mass is 19.1. The predicted molar refractivity (Wildman–Crippen MR) is 64.6 cm³/mol. The van der Waals surface area contributed by atoms with Crippen LogP contribution in [0.25, 0.3) is 0 Å². The van der Waals surface area contributed by atoms with Gasteiger partial charge in [-0.2, -0.15) is 0 Å². The first-order chi connectivity index (χ1) is 9.40. The van der Waals surface area contributed by atoms with E-state index >= 15 is 0 Å². The number of amidine groups is 1. The Bertz CT molecular complexity index is 562. The molecule has 1 aliphatic carbocycles. The molecule has 1 aromatic carbocycles. The van der Waals surface area contributed by atoms with Crippen molar-refractivity contribution in [2.75, 3.05) is 5.32 Å². The minimum Gasteiger partial charge on any atom is -0.409 e. The highest BCUT2D eigenvalue weighted by molar-refractivity contribution is 6.12. The molecule has 108 valence electrons. The third-order valence-electron chi connectivity index (χ3n) is 3.49. The van der Waals surface area contributed by atoms with Crippen molar-refractivity contribution in [1.82, 2.24) is 0 Å². The molecule has 1 aliphatic rings. The summed E-state index contributed by atoms with van der Waals surface area (Å²) in [5.41, 5.74) is 3.43. The zero-order valence-electron chi connectivity index (χ0n) is 10.3. The van der Waals surface area contributed by atoms with Crippen LogP contribution in [0.4, 0.5) is 18.9 Å². The van der Waals surface area contributed by atoms with Crippen LogP contribution >= 0.6 is 0 Å². The maximum Gasteiger partial charge on any atom is 0.238 e. The van der Waals surface area contributed by atoms with Gasteiger partial charge in [0, 0.05) is 12.1 Å². The molecule has 5 nitrogen and oxygen atoms in total. The van der Waals surface area contributed by atoms with E-state index in [1.54, 1.807) is 0 Å². The number of nitrogens with two attached hydrogens (primary N) is 1. The highest BCUT2D eigenvalue weighted by Gasteiger charge is 2.48. The van der Waals surface area contributed by atoms with Gasteiger partial charge in [-0.1, -0.05) is 11.6 Å². The van der Waals surface area contributed by atoms with E-state index in [0.29, 0.717) is 31.4 Å². The molecule has 0 aromatic heterocycles. The van der Waals surface area contributed by atoms with E-state index < -0.39 is 34.5 Å². The highest BCUT2D eigenvalue weighted by Crippen LogP contribution is 2.42. The summed E-state index contributed by atoms with van der Waals surface area (Å²) in [5, 5.41) is 13.5. The topological polar surface area (TPSA) is 87.7 Å². The third-order valence-corrected chi connectivity index (χ3v) is 3.49. The van der Waals surface area contributed by atoms with Gasteiger partial charge in [-0.15, -0.1) is 0 Å². The van der Waals surface area contributed by atoms with Crippen molar-refractivity contribution in [3.05, 3.63) is 29.6 Å². The molecule has 0 heterocycles. The van der Waals surface area contributed by atoms with Crippen molar-refractivity contribution in [3.8, 4) is 0 Å². The zero-order chi connectivity index (χ0) is 14.9. The van der Waals surface area contributed by atoms with Gasteiger partial charge in [-0.05, 0) is 12.8 Å². The van der Waals surface area contributed by atoms with E-state index in [9.17, 15) is 18.0 Å². The number of carbonyl (C=O) groups is 1. The number of benzene rings is 1.